The molecule has 2 amide bonds. The lowest BCUT2D eigenvalue weighted by atomic mass is 9.91. The normalized spacial score (nSPS) is 17.4. The van der Waals surface area contributed by atoms with Gasteiger partial charge in [-0.05, 0) is 51.3 Å². The number of allylic oxidation sites excluding steroid dienone is 1. The second-order valence-corrected chi connectivity index (χ2v) is 7.20. The Bertz CT molecular complexity index is 690. The number of hydrogen-bond donors (Lipinski definition) is 2. The highest BCUT2D eigenvalue weighted by Gasteiger charge is 2.35. The smallest absolute Gasteiger partial charge is 0.338 e. The molecule has 0 saturated carbocycles. The van der Waals surface area contributed by atoms with Crippen LogP contribution in [0.3, 0.4) is 0 Å². The van der Waals surface area contributed by atoms with Crippen molar-refractivity contribution in [3.63, 3.8) is 0 Å². The molecule has 1 aromatic carbocycles. The molecule has 26 heavy (non-hydrogen) atoms. The van der Waals surface area contributed by atoms with Crippen LogP contribution in [0.2, 0.25) is 0 Å². The molecule has 0 radical (unpaired) electrons. The summed E-state index contributed by atoms with van der Waals surface area (Å²) >= 11 is 0. The summed E-state index contributed by atoms with van der Waals surface area (Å²) in [6.07, 6.45) is -0.174. The van der Waals surface area contributed by atoms with Crippen molar-refractivity contribution in [3.8, 4) is 5.75 Å². The van der Waals surface area contributed by atoms with Gasteiger partial charge in [-0.2, -0.15) is 0 Å². The van der Waals surface area contributed by atoms with Gasteiger partial charge >= 0.3 is 12.0 Å². The first-order valence-electron chi connectivity index (χ1n) is 8.98. The van der Waals surface area contributed by atoms with Gasteiger partial charge in [-0.3, -0.25) is 0 Å². The summed E-state index contributed by atoms with van der Waals surface area (Å²) < 4.78 is 11.1. The molecule has 1 aliphatic rings. The van der Waals surface area contributed by atoms with Gasteiger partial charge in [0.1, 0.15) is 5.75 Å². The molecule has 1 aliphatic heterocycles. The topological polar surface area (TPSA) is 76.7 Å². The average molecular weight is 360 g/mol. The molecule has 0 spiro atoms. The number of benzene rings is 1. The zero-order chi connectivity index (χ0) is 19.4. The predicted octanol–water partition coefficient (Wildman–Crippen LogP) is 3.69. The van der Waals surface area contributed by atoms with Crippen LogP contribution >= 0.6 is 0 Å². The first kappa shape index (κ1) is 19.8. The number of carbonyl (C=O) groups excluding carboxylic acids is 2. The van der Waals surface area contributed by atoms with E-state index in [4.69, 9.17) is 9.47 Å². The standard InChI is InChI=1S/C20H28N2O4/c1-11(2)17-16(19(23)26-13(5)6)18(22-20(24)21-17)14-7-9-15(10-8-14)25-12(3)4/h7-13,18H,1-6H3,(H2,21,22,24). The first-order valence-corrected chi connectivity index (χ1v) is 8.98. The molecule has 2 rings (SSSR count). The van der Waals surface area contributed by atoms with Crippen LogP contribution in [0.1, 0.15) is 53.1 Å². The van der Waals surface area contributed by atoms with Crippen LogP contribution in [0.15, 0.2) is 35.5 Å². The van der Waals surface area contributed by atoms with Crippen LogP contribution in [0.25, 0.3) is 0 Å². The van der Waals surface area contributed by atoms with Gasteiger partial charge in [-0.1, -0.05) is 26.0 Å². The molecule has 0 saturated heterocycles. The molecule has 1 heterocycles. The fraction of sp³-hybridized carbons (Fsp3) is 0.500. The monoisotopic (exact) mass is 360 g/mol. The highest BCUT2D eigenvalue weighted by Crippen LogP contribution is 2.31. The number of amides is 2. The number of rotatable bonds is 6. The van der Waals surface area contributed by atoms with Gasteiger partial charge in [0.2, 0.25) is 0 Å². The van der Waals surface area contributed by atoms with Crippen LogP contribution < -0.4 is 15.4 Å². The summed E-state index contributed by atoms with van der Waals surface area (Å²) in [6.45, 7) is 11.4. The largest absolute Gasteiger partial charge is 0.491 e. The molecular formula is C20H28N2O4. The van der Waals surface area contributed by atoms with E-state index in [1.54, 1.807) is 13.8 Å². The molecule has 0 aromatic heterocycles. The molecule has 2 N–H and O–H groups in total. The Hall–Kier alpha value is -2.50. The van der Waals surface area contributed by atoms with E-state index >= 15 is 0 Å². The minimum Gasteiger partial charge on any atom is -0.491 e. The van der Waals surface area contributed by atoms with Gasteiger partial charge < -0.3 is 20.1 Å². The Morgan fingerprint density at radius 3 is 2.12 bits per heavy atom. The highest BCUT2D eigenvalue weighted by molar-refractivity contribution is 5.95. The third-order valence-corrected chi connectivity index (χ3v) is 3.83. The third-order valence-electron chi connectivity index (χ3n) is 3.83. The van der Waals surface area contributed by atoms with E-state index in [0.29, 0.717) is 11.3 Å². The number of carbonyl (C=O) groups is 2. The number of urea groups is 1. The van der Waals surface area contributed by atoms with Crippen LogP contribution in [0, 0.1) is 5.92 Å². The van der Waals surface area contributed by atoms with Crippen molar-refractivity contribution in [3.05, 3.63) is 41.1 Å². The van der Waals surface area contributed by atoms with Gasteiger partial charge in [0.15, 0.2) is 0 Å². The number of ether oxygens (including phenoxy) is 2. The Labute approximate surface area is 154 Å². The molecule has 1 aromatic rings. The van der Waals surface area contributed by atoms with Crippen molar-refractivity contribution in [2.24, 2.45) is 5.92 Å². The number of nitrogens with one attached hydrogen (secondary N) is 2. The van der Waals surface area contributed by atoms with Gasteiger partial charge in [0.05, 0.1) is 23.8 Å². The Kier molecular flexibility index (Phi) is 6.29. The fourth-order valence-corrected chi connectivity index (χ4v) is 2.81. The maximum absolute atomic E-state index is 12.7. The summed E-state index contributed by atoms with van der Waals surface area (Å²) in [5, 5.41) is 5.59. The lowest BCUT2D eigenvalue weighted by Crippen LogP contribution is -2.47. The van der Waals surface area contributed by atoms with Crippen molar-refractivity contribution in [1.29, 1.82) is 0 Å². The van der Waals surface area contributed by atoms with E-state index in [0.717, 1.165) is 11.3 Å². The Balaban J connectivity index is 2.43. The lowest BCUT2D eigenvalue weighted by molar-refractivity contribution is -0.143. The van der Waals surface area contributed by atoms with E-state index in [1.165, 1.54) is 0 Å². The molecule has 1 unspecified atom stereocenters. The minimum atomic E-state index is -0.569. The van der Waals surface area contributed by atoms with E-state index in [9.17, 15) is 9.59 Å². The average Bonchev–Trinajstić information content (AvgIpc) is 2.53. The van der Waals surface area contributed by atoms with E-state index in [1.807, 2.05) is 52.0 Å². The van der Waals surface area contributed by atoms with Crippen LogP contribution in [0.4, 0.5) is 4.79 Å². The first-order chi connectivity index (χ1) is 12.2. The summed E-state index contributed by atoms with van der Waals surface area (Å²) in [6, 6.07) is 6.49. The second-order valence-electron chi connectivity index (χ2n) is 7.20. The second kappa shape index (κ2) is 8.25. The minimum absolute atomic E-state index is 0.0261. The van der Waals surface area contributed by atoms with Gasteiger partial charge in [-0.15, -0.1) is 0 Å². The third kappa shape index (κ3) is 4.77. The van der Waals surface area contributed by atoms with Crippen molar-refractivity contribution in [1.82, 2.24) is 10.6 Å². The quantitative estimate of drug-likeness (QED) is 0.759. The molecule has 1 atom stereocenters. The summed E-state index contributed by atoms with van der Waals surface area (Å²) in [5.41, 5.74) is 1.82. The zero-order valence-electron chi connectivity index (χ0n) is 16.3. The zero-order valence-corrected chi connectivity index (χ0v) is 16.3. The van der Waals surface area contributed by atoms with Crippen molar-refractivity contribution < 1.29 is 19.1 Å². The maximum atomic E-state index is 12.7. The van der Waals surface area contributed by atoms with Crippen molar-refractivity contribution >= 4 is 12.0 Å². The molecular weight excluding hydrogens is 332 g/mol. The molecule has 6 nitrogen and oxygen atoms in total. The van der Waals surface area contributed by atoms with Gasteiger partial charge in [-0.25, -0.2) is 9.59 Å². The summed E-state index contributed by atoms with van der Waals surface area (Å²) in [4.78, 5) is 24.9. The SMILES string of the molecule is CC(C)OC(=O)C1=C(C(C)C)NC(=O)NC1c1ccc(OC(C)C)cc1. The van der Waals surface area contributed by atoms with Gasteiger partial charge in [0, 0.05) is 5.70 Å². The van der Waals surface area contributed by atoms with Crippen LogP contribution in [-0.2, 0) is 9.53 Å². The van der Waals surface area contributed by atoms with Crippen LogP contribution in [-0.4, -0.2) is 24.2 Å². The lowest BCUT2D eigenvalue weighted by Gasteiger charge is -2.31. The van der Waals surface area contributed by atoms with E-state index in [-0.39, 0.29) is 24.2 Å². The summed E-state index contributed by atoms with van der Waals surface area (Å²) in [7, 11) is 0. The number of hydrogen-bond acceptors (Lipinski definition) is 4. The molecule has 6 heteroatoms. The molecule has 0 aliphatic carbocycles. The summed E-state index contributed by atoms with van der Waals surface area (Å²) in [5.74, 6) is 0.286. The predicted molar refractivity (Wildman–Crippen MR) is 99.7 cm³/mol. The van der Waals surface area contributed by atoms with Gasteiger partial charge in [0.25, 0.3) is 0 Å². The maximum Gasteiger partial charge on any atom is 0.338 e. The molecule has 142 valence electrons. The van der Waals surface area contributed by atoms with Crippen LogP contribution in [0.5, 0.6) is 5.75 Å². The molecule has 0 fully saturated rings. The number of esters is 1. The van der Waals surface area contributed by atoms with E-state index in [2.05, 4.69) is 10.6 Å². The molecule has 0 bridgehead atoms. The Morgan fingerprint density at radius 2 is 1.62 bits per heavy atom. The highest BCUT2D eigenvalue weighted by atomic mass is 16.5. The Morgan fingerprint density at radius 1 is 1.00 bits per heavy atom. The van der Waals surface area contributed by atoms with E-state index < -0.39 is 12.0 Å². The van der Waals surface area contributed by atoms with Crippen molar-refractivity contribution in [2.75, 3.05) is 0 Å². The fourth-order valence-electron chi connectivity index (χ4n) is 2.81. The van der Waals surface area contributed by atoms with Crippen molar-refractivity contribution in [2.45, 2.75) is 59.8 Å².